The van der Waals surface area contributed by atoms with Gasteiger partial charge in [0.1, 0.15) is 5.82 Å². The van der Waals surface area contributed by atoms with Crippen molar-refractivity contribution in [1.29, 1.82) is 0 Å². The number of nitrogens with zero attached hydrogens (tertiary/aromatic N) is 4. The van der Waals surface area contributed by atoms with E-state index in [9.17, 15) is 18.0 Å². The molecule has 0 atom stereocenters. The number of halogens is 3. The topological polar surface area (TPSA) is 104 Å². The summed E-state index contributed by atoms with van der Waals surface area (Å²) in [6.45, 7) is 0.218. The Morgan fingerprint density at radius 3 is 2.69 bits per heavy atom. The molecule has 3 heterocycles. The Hall–Kier alpha value is -3.99. The van der Waals surface area contributed by atoms with Crippen molar-refractivity contribution in [3.05, 3.63) is 72.2 Å². The van der Waals surface area contributed by atoms with E-state index in [4.69, 9.17) is 5.11 Å². The molecule has 0 saturated heterocycles. The number of hydrogen-bond acceptors (Lipinski definition) is 6. The molecule has 0 bridgehead atoms. The largest absolute Gasteiger partial charge is 0.417 e. The van der Waals surface area contributed by atoms with Gasteiger partial charge < -0.3 is 15.7 Å². The maximum absolute atomic E-state index is 13.4. The van der Waals surface area contributed by atoms with Crippen molar-refractivity contribution in [2.75, 3.05) is 23.8 Å². The highest BCUT2D eigenvalue weighted by molar-refractivity contribution is 6.03. The van der Waals surface area contributed by atoms with Crippen LogP contribution in [0.1, 0.15) is 16.1 Å². The van der Waals surface area contributed by atoms with E-state index in [-0.39, 0.29) is 23.6 Å². The third-order valence-electron chi connectivity index (χ3n) is 4.54. The molecule has 32 heavy (non-hydrogen) atoms. The minimum atomic E-state index is -4.55. The lowest BCUT2D eigenvalue weighted by atomic mass is 10.0. The number of imidazole rings is 1. The predicted molar refractivity (Wildman–Crippen MR) is 111 cm³/mol. The van der Waals surface area contributed by atoms with Gasteiger partial charge in [0.15, 0.2) is 11.3 Å². The standard InChI is InChI=1S/C21H17F3N6O2/c22-21(23,24)15-4-2-1-3-14(15)16-5-6-19-27-12-17(30(19)29-16)20(32)28-13-7-8-25-18(11-13)26-9-10-31/h1-8,11-12,31H,9-10H2,(H2,25,26,28,32). The molecule has 3 aromatic heterocycles. The third kappa shape index (κ3) is 4.37. The molecule has 0 fully saturated rings. The Kier molecular flexibility index (Phi) is 5.73. The number of hydrogen-bond donors (Lipinski definition) is 3. The number of pyridine rings is 1. The SMILES string of the molecule is O=C(Nc1ccnc(NCCO)c1)c1cnc2ccc(-c3ccccc3C(F)(F)F)nn12. The molecular weight excluding hydrogens is 425 g/mol. The number of amides is 1. The van der Waals surface area contributed by atoms with E-state index in [1.807, 2.05) is 0 Å². The number of aliphatic hydroxyl groups is 1. The van der Waals surface area contributed by atoms with Gasteiger partial charge in [0.25, 0.3) is 5.91 Å². The van der Waals surface area contributed by atoms with Gasteiger partial charge in [-0.2, -0.15) is 18.3 Å². The van der Waals surface area contributed by atoms with Crippen LogP contribution in [0.25, 0.3) is 16.9 Å². The molecule has 4 aromatic rings. The van der Waals surface area contributed by atoms with Crippen molar-refractivity contribution in [2.24, 2.45) is 0 Å². The second kappa shape index (κ2) is 8.63. The molecule has 0 spiro atoms. The molecule has 0 saturated carbocycles. The number of fused-ring (bicyclic) bond motifs is 1. The van der Waals surface area contributed by atoms with E-state index in [1.165, 1.54) is 47.2 Å². The monoisotopic (exact) mass is 442 g/mol. The number of nitrogens with one attached hydrogen (secondary N) is 2. The van der Waals surface area contributed by atoms with Crippen LogP contribution in [0.3, 0.4) is 0 Å². The lowest BCUT2D eigenvalue weighted by Crippen LogP contribution is -2.16. The zero-order valence-electron chi connectivity index (χ0n) is 16.5. The molecule has 3 N–H and O–H groups in total. The highest BCUT2D eigenvalue weighted by atomic mass is 19.4. The Labute approximate surface area is 179 Å². The van der Waals surface area contributed by atoms with Crippen LogP contribution in [0.15, 0.2) is 60.9 Å². The van der Waals surface area contributed by atoms with Crippen molar-refractivity contribution in [3.63, 3.8) is 0 Å². The first-order chi connectivity index (χ1) is 15.4. The summed E-state index contributed by atoms with van der Waals surface area (Å²) in [7, 11) is 0. The first kappa shape index (κ1) is 21.2. The smallest absolute Gasteiger partial charge is 0.395 e. The summed E-state index contributed by atoms with van der Waals surface area (Å²) < 4.78 is 41.4. The molecule has 0 radical (unpaired) electrons. The molecule has 0 aliphatic heterocycles. The van der Waals surface area contributed by atoms with Gasteiger partial charge in [-0.3, -0.25) is 4.79 Å². The summed E-state index contributed by atoms with van der Waals surface area (Å²) in [5.74, 6) is -0.0928. The molecule has 0 aliphatic carbocycles. The van der Waals surface area contributed by atoms with Crippen LogP contribution < -0.4 is 10.6 Å². The normalized spacial score (nSPS) is 11.5. The van der Waals surface area contributed by atoms with E-state index in [1.54, 1.807) is 12.1 Å². The Morgan fingerprint density at radius 1 is 1.09 bits per heavy atom. The van der Waals surface area contributed by atoms with Crippen LogP contribution in [-0.4, -0.2) is 43.7 Å². The summed E-state index contributed by atoms with van der Waals surface area (Å²) in [6, 6.07) is 11.2. The molecule has 11 heteroatoms. The maximum atomic E-state index is 13.4. The molecule has 1 amide bonds. The summed E-state index contributed by atoms with van der Waals surface area (Å²) in [4.78, 5) is 21.0. The van der Waals surface area contributed by atoms with Crippen molar-refractivity contribution in [2.45, 2.75) is 6.18 Å². The van der Waals surface area contributed by atoms with Crippen molar-refractivity contribution in [1.82, 2.24) is 19.6 Å². The highest BCUT2D eigenvalue weighted by Crippen LogP contribution is 2.36. The Balaban J connectivity index is 1.66. The van der Waals surface area contributed by atoms with Gasteiger partial charge in [0.2, 0.25) is 0 Å². The van der Waals surface area contributed by atoms with Crippen LogP contribution in [-0.2, 0) is 6.18 Å². The number of benzene rings is 1. The summed E-state index contributed by atoms with van der Waals surface area (Å²) in [5, 5.41) is 18.7. The average molecular weight is 442 g/mol. The summed E-state index contributed by atoms with van der Waals surface area (Å²) >= 11 is 0. The molecule has 164 valence electrons. The second-order valence-electron chi connectivity index (χ2n) is 6.71. The second-order valence-corrected chi connectivity index (χ2v) is 6.71. The van der Waals surface area contributed by atoms with E-state index < -0.39 is 17.6 Å². The fourth-order valence-corrected chi connectivity index (χ4v) is 3.11. The first-order valence-corrected chi connectivity index (χ1v) is 9.50. The molecule has 0 aliphatic rings. The molecular formula is C21H17F3N6O2. The number of aliphatic hydroxyl groups excluding tert-OH is 1. The van der Waals surface area contributed by atoms with Crippen molar-refractivity contribution in [3.8, 4) is 11.3 Å². The minimum absolute atomic E-state index is 0.0491. The minimum Gasteiger partial charge on any atom is -0.395 e. The Morgan fingerprint density at radius 2 is 1.91 bits per heavy atom. The van der Waals surface area contributed by atoms with Gasteiger partial charge in [0.05, 0.1) is 24.1 Å². The van der Waals surface area contributed by atoms with Gasteiger partial charge in [0, 0.05) is 30.1 Å². The number of carbonyl (C=O) groups excluding carboxylic acids is 1. The van der Waals surface area contributed by atoms with Crippen LogP contribution in [0.4, 0.5) is 24.7 Å². The van der Waals surface area contributed by atoms with Gasteiger partial charge >= 0.3 is 6.18 Å². The quantitative estimate of drug-likeness (QED) is 0.423. The van der Waals surface area contributed by atoms with Crippen LogP contribution in [0.5, 0.6) is 0 Å². The molecule has 8 nitrogen and oxygen atoms in total. The van der Waals surface area contributed by atoms with Gasteiger partial charge in [-0.25, -0.2) is 14.5 Å². The van der Waals surface area contributed by atoms with E-state index >= 15 is 0 Å². The number of alkyl halides is 3. The van der Waals surface area contributed by atoms with Crippen LogP contribution in [0.2, 0.25) is 0 Å². The lowest BCUT2D eigenvalue weighted by molar-refractivity contribution is -0.137. The van der Waals surface area contributed by atoms with Crippen LogP contribution >= 0.6 is 0 Å². The summed E-state index contributed by atoms with van der Waals surface area (Å²) in [5.41, 5.74) is -0.0828. The van der Waals surface area contributed by atoms with Gasteiger partial charge in [-0.1, -0.05) is 18.2 Å². The number of carbonyl (C=O) groups is 1. The van der Waals surface area contributed by atoms with E-state index in [0.717, 1.165) is 6.07 Å². The first-order valence-electron chi connectivity index (χ1n) is 9.50. The molecule has 1 aromatic carbocycles. The average Bonchev–Trinajstić information content (AvgIpc) is 3.21. The van der Waals surface area contributed by atoms with Crippen molar-refractivity contribution >= 4 is 23.1 Å². The van der Waals surface area contributed by atoms with Gasteiger partial charge in [-0.15, -0.1) is 0 Å². The lowest BCUT2D eigenvalue weighted by Gasteiger charge is -2.12. The zero-order chi connectivity index (χ0) is 22.7. The number of aromatic nitrogens is 4. The number of rotatable bonds is 6. The molecule has 0 unspecified atom stereocenters. The number of anilines is 2. The maximum Gasteiger partial charge on any atom is 0.417 e. The molecule has 4 rings (SSSR count). The fourth-order valence-electron chi connectivity index (χ4n) is 3.11. The Bertz CT molecular complexity index is 1270. The van der Waals surface area contributed by atoms with Crippen LogP contribution in [0, 0.1) is 0 Å². The predicted octanol–water partition coefficient (Wildman–Crippen LogP) is 3.47. The van der Waals surface area contributed by atoms with Crippen molar-refractivity contribution < 1.29 is 23.1 Å². The zero-order valence-corrected chi connectivity index (χ0v) is 16.5. The summed E-state index contributed by atoms with van der Waals surface area (Å²) in [6.07, 6.45) is -1.77. The van der Waals surface area contributed by atoms with Gasteiger partial charge in [-0.05, 0) is 24.3 Å². The van der Waals surface area contributed by atoms with E-state index in [2.05, 4.69) is 25.7 Å². The highest BCUT2D eigenvalue weighted by Gasteiger charge is 2.33. The third-order valence-corrected chi connectivity index (χ3v) is 4.54. The van der Waals surface area contributed by atoms with E-state index in [0.29, 0.717) is 23.7 Å². The fraction of sp³-hybridized carbons (Fsp3) is 0.143.